The zero-order chi connectivity index (χ0) is 28.1. The van der Waals surface area contributed by atoms with Crippen LogP contribution in [0, 0.1) is 0 Å². The van der Waals surface area contributed by atoms with Crippen molar-refractivity contribution >= 4 is 34.0 Å². The number of nitrogens with one attached hydrogen (secondary N) is 3. The van der Waals surface area contributed by atoms with Crippen molar-refractivity contribution in [3.05, 3.63) is 29.8 Å². The fourth-order valence-corrected chi connectivity index (χ4v) is 4.87. The fourth-order valence-electron chi connectivity index (χ4n) is 3.36. The van der Waals surface area contributed by atoms with E-state index in [4.69, 9.17) is 26.7 Å². The molecule has 1 aromatic carbocycles. The third-order valence-corrected chi connectivity index (χ3v) is 7.42. The van der Waals surface area contributed by atoms with E-state index in [1.54, 1.807) is 12.1 Å². The Morgan fingerprint density at radius 3 is 2.55 bits per heavy atom. The van der Waals surface area contributed by atoms with E-state index in [0.29, 0.717) is 18.9 Å². The lowest BCUT2D eigenvalue weighted by atomic mass is 10.2. The Morgan fingerprint density at radius 2 is 1.95 bits per heavy atom. The number of hydrogen-bond donors (Lipinski definition) is 6. The third-order valence-electron chi connectivity index (χ3n) is 5.30. The normalized spacial score (nSPS) is 15.0. The van der Waals surface area contributed by atoms with Crippen LogP contribution in [0.25, 0.3) is 0 Å². The molecule has 1 aliphatic rings. The number of esters is 2. The summed E-state index contributed by atoms with van der Waals surface area (Å²) in [7, 11) is -4.20. The molecule has 0 bridgehead atoms. The molecular weight excluding hydrogens is 520 g/mol. The number of ether oxygens (including phenoxy) is 2. The van der Waals surface area contributed by atoms with E-state index in [1.807, 2.05) is 0 Å². The molecule has 212 valence electrons. The zero-order valence-corrected chi connectivity index (χ0v) is 22.0. The van der Waals surface area contributed by atoms with Crippen molar-refractivity contribution in [2.75, 3.05) is 39.3 Å². The number of nitrogens with zero attached hydrogens (tertiary/aromatic N) is 2. The number of carbonyl (C=O) groups is 3. The average Bonchev–Trinajstić information content (AvgIpc) is 2.87. The van der Waals surface area contributed by atoms with Crippen LogP contribution in [-0.4, -0.2) is 87.5 Å². The SMILES string of the molecule is CC(NC(N)=O)S(=O)(=O)N(CCCN)[C@H](N)CC(=O)OC(=O)c1ccc(OCCNC2=NCCCN2)cc1. The quantitative estimate of drug-likeness (QED) is 0.0658. The molecular formula is C22H36N8O7S. The predicted octanol–water partition coefficient (Wildman–Crippen LogP) is -1.64. The van der Waals surface area contributed by atoms with E-state index >= 15 is 0 Å². The van der Waals surface area contributed by atoms with Crippen molar-refractivity contribution in [3.8, 4) is 5.75 Å². The summed E-state index contributed by atoms with van der Waals surface area (Å²) < 4.78 is 36.9. The number of hydrogen-bond acceptors (Lipinski definition) is 12. The van der Waals surface area contributed by atoms with Crippen LogP contribution >= 0.6 is 0 Å². The molecule has 1 aliphatic heterocycles. The molecule has 1 heterocycles. The lowest BCUT2D eigenvalue weighted by Crippen LogP contribution is -2.54. The van der Waals surface area contributed by atoms with E-state index in [0.717, 1.165) is 29.8 Å². The van der Waals surface area contributed by atoms with Crippen molar-refractivity contribution in [2.45, 2.75) is 37.7 Å². The summed E-state index contributed by atoms with van der Waals surface area (Å²) in [5, 5.41) is 6.92. The summed E-state index contributed by atoms with van der Waals surface area (Å²) in [4.78, 5) is 40.1. The lowest BCUT2D eigenvalue weighted by molar-refractivity contribution is -0.138. The summed E-state index contributed by atoms with van der Waals surface area (Å²) in [6, 6.07) is 4.92. The van der Waals surface area contributed by atoms with Crippen LogP contribution in [-0.2, 0) is 19.6 Å². The molecule has 0 fully saturated rings. The molecule has 9 N–H and O–H groups in total. The Kier molecular flexibility index (Phi) is 12.2. The van der Waals surface area contributed by atoms with Crippen molar-refractivity contribution in [1.82, 2.24) is 20.3 Å². The van der Waals surface area contributed by atoms with Gasteiger partial charge < -0.3 is 42.6 Å². The number of benzene rings is 1. The molecule has 2 amide bonds. The highest BCUT2D eigenvalue weighted by atomic mass is 32.2. The summed E-state index contributed by atoms with van der Waals surface area (Å²) >= 11 is 0. The second-order valence-corrected chi connectivity index (χ2v) is 10.5. The number of guanidine groups is 1. The highest BCUT2D eigenvalue weighted by Crippen LogP contribution is 2.15. The summed E-state index contributed by atoms with van der Waals surface area (Å²) in [5.41, 5.74) is 16.5. The van der Waals surface area contributed by atoms with Crippen LogP contribution in [0.15, 0.2) is 29.3 Å². The fraction of sp³-hybridized carbons (Fsp3) is 0.545. The number of nitrogens with two attached hydrogens (primary N) is 3. The first-order valence-electron chi connectivity index (χ1n) is 12.1. The van der Waals surface area contributed by atoms with Crippen molar-refractivity contribution in [1.29, 1.82) is 0 Å². The van der Waals surface area contributed by atoms with Gasteiger partial charge in [0, 0.05) is 19.6 Å². The van der Waals surface area contributed by atoms with Crippen molar-refractivity contribution in [2.24, 2.45) is 22.2 Å². The third kappa shape index (κ3) is 9.77. The number of primary amides is 1. The lowest BCUT2D eigenvalue weighted by Gasteiger charge is -2.30. The second kappa shape index (κ2) is 15.1. The van der Waals surface area contributed by atoms with E-state index in [1.165, 1.54) is 19.1 Å². The first-order valence-corrected chi connectivity index (χ1v) is 13.6. The Labute approximate surface area is 221 Å². The molecule has 0 radical (unpaired) electrons. The first kappa shape index (κ1) is 30.8. The number of amides is 2. The number of carbonyl (C=O) groups excluding carboxylic acids is 3. The van der Waals surface area contributed by atoms with E-state index < -0.39 is 46.0 Å². The first-order chi connectivity index (χ1) is 18.0. The predicted molar refractivity (Wildman–Crippen MR) is 139 cm³/mol. The summed E-state index contributed by atoms with van der Waals surface area (Å²) in [5.74, 6) is -0.720. The molecule has 1 unspecified atom stereocenters. The highest BCUT2D eigenvalue weighted by molar-refractivity contribution is 7.89. The number of rotatable bonds is 14. The summed E-state index contributed by atoms with van der Waals surface area (Å²) in [6.45, 7) is 3.78. The van der Waals surface area contributed by atoms with Gasteiger partial charge in [0.15, 0.2) is 5.96 Å². The molecule has 0 spiro atoms. The molecule has 1 aromatic rings. The smallest absolute Gasteiger partial charge is 0.345 e. The monoisotopic (exact) mass is 556 g/mol. The molecule has 0 saturated carbocycles. The van der Waals surface area contributed by atoms with Crippen LogP contribution in [0.2, 0.25) is 0 Å². The van der Waals surface area contributed by atoms with Gasteiger partial charge in [0.2, 0.25) is 10.0 Å². The minimum Gasteiger partial charge on any atom is -0.492 e. The average molecular weight is 557 g/mol. The number of urea groups is 1. The molecule has 2 atom stereocenters. The van der Waals surface area contributed by atoms with E-state index in [2.05, 4.69) is 20.9 Å². The van der Waals surface area contributed by atoms with Crippen LogP contribution in [0.1, 0.15) is 36.5 Å². The molecule has 38 heavy (non-hydrogen) atoms. The van der Waals surface area contributed by atoms with Crippen LogP contribution in [0.5, 0.6) is 5.75 Å². The van der Waals surface area contributed by atoms with Gasteiger partial charge in [-0.2, -0.15) is 4.31 Å². The van der Waals surface area contributed by atoms with Crippen molar-refractivity contribution < 1.29 is 32.3 Å². The Hall–Kier alpha value is -3.47. The topological polar surface area (TPSA) is 234 Å². The van der Waals surface area contributed by atoms with Crippen LogP contribution < -0.4 is 37.9 Å². The zero-order valence-electron chi connectivity index (χ0n) is 21.2. The molecule has 2 rings (SSSR count). The van der Waals surface area contributed by atoms with Gasteiger partial charge in [-0.15, -0.1) is 0 Å². The highest BCUT2D eigenvalue weighted by Gasteiger charge is 2.34. The van der Waals surface area contributed by atoms with Crippen LogP contribution in [0.3, 0.4) is 0 Å². The van der Waals surface area contributed by atoms with Gasteiger partial charge in [-0.05, 0) is 50.6 Å². The maximum atomic E-state index is 12.8. The largest absolute Gasteiger partial charge is 0.492 e. The Bertz CT molecular complexity index is 1080. The maximum Gasteiger partial charge on any atom is 0.345 e. The van der Waals surface area contributed by atoms with Gasteiger partial charge in [0.25, 0.3) is 0 Å². The minimum atomic E-state index is -4.20. The van der Waals surface area contributed by atoms with Gasteiger partial charge in [-0.3, -0.25) is 9.79 Å². The maximum absolute atomic E-state index is 12.8. The standard InChI is InChI=1S/C22H36N8O7S/c1-15(29-21(25)33)38(34,35)30(12-2-8-23)18(24)14-19(31)37-20(32)16-4-6-17(7-5-16)36-13-11-28-22-26-9-3-10-27-22/h4-7,15,18H,2-3,8-14,23-24H2,1H3,(H3,25,29,33)(H2,26,27,28)/t15?,18-/m0/s1. The number of sulfonamides is 1. The van der Waals surface area contributed by atoms with E-state index in [9.17, 15) is 22.8 Å². The van der Waals surface area contributed by atoms with Gasteiger partial charge in [-0.1, -0.05) is 0 Å². The molecule has 16 heteroatoms. The Morgan fingerprint density at radius 1 is 1.24 bits per heavy atom. The molecule has 0 aliphatic carbocycles. The second-order valence-electron chi connectivity index (χ2n) is 8.29. The van der Waals surface area contributed by atoms with Gasteiger partial charge in [0.05, 0.1) is 24.7 Å². The van der Waals surface area contributed by atoms with Crippen LogP contribution in [0.4, 0.5) is 4.79 Å². The van der Waals surface area contributed by atoms with Crippen molar-refractivity contribution in [3.63, 3.8) is 0 Å². The molecule has 0 saturated heterocycles. The van der Waals surface area contributed by atoms with Gasteiger partial charge >= 0.3 is 18.0 Å². The van der Waals surface area contributed by atoms with Gasteiger partial charge in [-0.25, -0.2) is 18.0 Å². The minimum absolute atomic E-state index is 0.0880. The van der Waals surface area contributed by atoms with Gasteiger partial charge in [0.1, 0.15) is 17.7 Å². The molecule has 0 aromatic heterocycles. The molecule has 15 nitrogen and oxygen atoms in total. The Balaban J connectivity index is 1.88. The summed E-state index contributed by atoms with van der Waals surface area (Å²) in [6.07, 6.45) is -0.754. The number of aliphatic imine (C=N–C) groups is 1. The van der Waals surface area contributed by atoms with E-state index in [-0.39, 0.29) is 25.1 Å².